The van der Waals surface area contributed by atoms with Gasteiger partial charge in [-0.25, -0.2) is 0 Å². The molecule has 0 radical (unpaired) electrons. The molecular weight excluding hydrogens is 222 g/mol. The number of carbonyl (C=O) groups is 1. The summed E-state index contributed by atoms with van der Waals surface area (Å²) < 4.78 is 0. The number of amides is 1. The van der Waals surface area contributed by atoms with Gasteiger partial charge >= 0.3 is 0 Å². The van der Waals surface area contributed by atoms with E-state index in [0.717, 1.165) is 10.9 Å². The van der Waals surface area contributed by atoms with E-state index in [1.165, 1.54) is 0 Å². The number of carbonyl (C=O) groups excluding carboxylic acids is 1. The van der Waals surface area contributed by atoms with Crippen molar-refractivity contribution < 1.29 is 15.0 Å². The summed E-state index contributed by atoms with van der Waals surface area (Å²) in [6.45, 7) is -0.391. The molecule has 0 saturated heterocycles. The number of para-hydroxylation sites is 1. The molecule has 0 aliphatic carbocycles. The van der Waals surface area contributed by atoms with Gasteiger partial charge in [0.15, 0.2) is 5.69 Å². The van der Waals surface area contributed by atoms with Gasteiger partial charge in [-0.05, 0) is 6.07 Å². The van der Waals surface area contributed by atoms with E-state index in [1.54, 1.807) is 6.07 Å². The molecule has 1 unspecified atom stereocenters. The van der Waals surface area contributed by atoms with Gasteiger partial charge in [-0.3, -0.25) is 9.89 Å². The number of rotatable bonds is 4. The average molecular weight is 235 g/mol. The van der Waals surface area contributed by atoms with Crippen LogP contribution < -0.4 is 5.32 Å². The fourth-order valence-corrected chi connectivity index (χ4v) is 1.50. The highest BCUT2D eigenvalue weighted by Gasteiger charge is 2.14. The van der Waals surface area contributed by atoms with Gasteiger partial charge in [0, 0.05) is 11.9 Å². The van der Waals surface area contributed by atoms with Crippen molar-refractivity contribution in [3.63, 3.8) is 0 Å². The molecule has 0 aliphatic heterocycles. The van der Waals surface area contributed by atoms with Gasteiger partial charge < -0.3 is 15.5 Å². The van der Waals surface area contributed by atoms with Gasteiger partial charge in [-0.1, -0.05) is 18.2 Å². The Labute approximate surface area is 97.3 Å². The first-order valence-corrected chi connectivity index (χ1v) is 5.22. The Morgan fingerprint density at radius 2 is 2.24 bits per heavy atom. The maximum absolute atomic E-state index is 11.8. The normalized spacial score (nSPS) is 12.6. The smallest absolute Gasteiger partial charge is 0.272 e. The highest BCUT2D eigenvalue weighted by molar-refractivity contribution is 6.04. The number of benzene rings is 1. The molecule has 1 heterocycles. The molecule has 17 heavy (non-hydrogen) atoms. The highest BCUT2D eigenvalue weighted by atomic mass is 16.3. The lowest BCUT2D eigenvalue weighted by atomic mass is 10.2. The van der Waals surface area contributed by atoms with Crippen LogP contribution in [0.25, 0.3) is 10.9 Å². The minimum absolute atomic E-state index is 0.00345. The van der Waals surface area contributed by atoms with Crippen molar-refractivity contribution in [2.24, 2.45) is 0 Å². The van der Waals surface area contributed by atoms with Crippen LogP contribution in [-0.2, 0) is 0 Å². The number of nitrogens with one attached hydrogen (secondary N) is 2. The molecule has 90 valence electrons. The molecule has 1 atom stereocenters. The molecule has 2 aromatic rings. The maximum Gasteiger partial charge on any atom is 0.272 e. The van der Waals surface area contributed by atoms with Crippen molar-refractivity contribution >= 4 is 16.8 Å². The number of aromatic amines is 1. The summed E-state index contributed by atoms with van der Waals surface area (Å²) in [6, 6.07) is 7.27. The van der Waals surface area contributed by atoms with E-state index in [4.69, 9.17) is 10.2 Å². The monoisotopic (exact) mass is 235 g/mol. The standard InChI is InChI=1S/C11H13N3O3/c15-6-7(16)5-12-11(17)10-8-3-1-2-4-9(8)13-14-10/h1-4,7,15-16H,5-6H2,(H,12,17)(H,13,14). The molecule has 6 nitrogen and oxygen atoms in total. The summed E-state index contributed by atoms with van der Waals surface area (Å²) in [4.78, 5) is 11.8. The van der Waals surface area contributed by atoms with E-state index in [1.807, 2.05) is 18.2 Å². The van der Waals surface area contributed by atoms with E-state index in [-0.39, 0.29) is 24.8 Å². The lowest BCUT2D eigenvalue weighted by Gasteiger charge is -2.07. The lowest BCUT2D eigenvalue weighted by Crippen LogP contribution is -2.34. The zero-order valence-corrected chi connectivity index (χ0v) is 9.05. The Morgan fingerprint density at radius 3 is 3.00 bits per heavy atom. The third kappa shape index (κ3) is 2.43. The van der Waals surface area contributed by atoms with Crippen LogP contribution in [0.3, 0.4) is 0 Å². The Morgan fingerprint density at radius 1 is 1.47 bits per heavy atom. The van der Waals surface area contributed by atoms with E-state index in [2.05, 4.69) is 15.5 Å². The zero-order valence-electron chi connectivity index (χ0n) is 9.05. The van der Waals surface area contributed by atoms with Crippen LogP contribution in [0.2, 0.25) is 0 Å². The van der Waals surface area contributed by atoms with Gasteiger partial charge in [0.2, 0.25) is 0 Å². The number of fused-ring (bicyclic) bond motifs is 1. The molecule has 6 heteroatoms. The number of H-pyrrole nitrogens is 1. The van der Waals surface area contributed by atoms with Crippen LogP contribution in [0.4, 0.5) is 0 Å². The molecule has 0 fully saturated rings. The Balaban J connectivity index is 2.14. The number of aliphatic hydroxyl groups is 2. The number of hydrogen-bond acceptors (Lipinski definition) is 4. The Kier molecular flexibility index (Phi) is 3.36. The molecule has 0 bridgehead atoms. The van der Waals surface area contributed by atoms with Gasteiger partial charge in [0.05, 0.1) is 18.2 Å². The number of aromatic nitrogens is 2. The van der Waals surface area contributed by atoms with Crippen LogP contribution in [0.15, 0.2) is 24.3 Å². The van der Waals surface area contributed by atoms with Gasteiger partial charge in [-0.15, -0.1) is 0 Å². The van der Waals surface area contributed by atoms with Gasteiger partial charge in [-0.2, -0.15) is 5.10 Å². The summed E-state index contributed by atoms with van der Waals surface area (Å²) in [5, 5.41) is 27.6. The van der Waals surface area contributed by atoms with Crippen LogP contribution in [-0.4, -0.2) is 45.6 Å². The van der Waals surface area contributed by atoms with Crippen LogP contribution in [0.1, 0.15) is 10.5 Å². The van der Waals surface area contributed by atoms with Crippen molar-refractivity contribution in [3.05, 3.63) is 30.0 Å². The topological polar surface area (TPSA) is 98.2 Å². The molecule has 1 aromatic carbocycles. The van der Waals surface area contributed by atoms with Crippen molar-refractivity contribution in [2.45, 2.75) is 6.10 Å². The fourth-order valence-electron chi connectivity index (χ4n) is 1.50. The van der Waals surface area contributed by atoms with Gasteiger partial charge in [0.25, 0.3) is 5.91 Å². The van der Waals surface area contributed by atoms with Crippen LogP contribution in [0.5, 0.6) is 0 Å². The first-order valence-electron chi connectivity index (χ1n) is 5.22. The summed E-state index contributed by atoms with van der Waals surface area (Å²) in [5.41, 5.74) is 1.06. The SMILES string of the molecule is O=C(NCC(O)CO)c1n[nH]c2ccccc12. The van der Waals surface area contributed by atoms with Crippen LogP contribution >= 0.6 is 0 Å². The molecule has 2 rings (SSSR count). The molecule has 0 saturated carbocycles. The zero-order chi connectivity index (χ0) is 12.3. The lowest BCUT2D eigenvalue weighted by molar-refractivity contribution is 0.0800. The third-order valence-corrected chi connectivity index (χ3v) is 2.39. The molecule has 0 aliphatic rings. The summed E-state index contributed by atoms with van der Waals surface area (Å²) >= 11 is 0. The quantitative estimate of drug-likeness (QED) is 0.582. The minimum Gasteiger partial charge on any atom is -0.394 e. The summed E-state index contributed by atoms with van der Waals surface area (Å²) in [6.07, 6.45) is -0.954. The first-order chi connectivity index (χ1) is 8.22. The second kappa shape index (κ2) is 4.94. The third-order valence-electron chi connectivity index (χ3n) is 2.39. The van der Waals surface area contributed by atoms with Crippen molar-refractivity contribution in [1.29, 1.82) is 0 Å². The second-order valence-corrected chi connectivity index (χ2v) is 3.66. The largest absolute Gasteiger partial charge is 0.394 e. The predicted molar refractivity (Wildman–Crippen MR) is 61.5 cm³/mol. The molecule has 0 spiro atoms. The average Bonchev–Trinajstić information content (AvgIpc) is 2.79. The molecular formula is C11H13N3O3. The minimum atomic E-state index is -0.954. The van der Waals surface area contributed by atoms with Crippen molar-refractivity contribution in [2.75, 3.05) is 13.2 Å². The van der Waals surface area contributed by atoms with Crippen molar-refractivity contribution in [1.82, 2.24) is 15.5 Å². The number of aliphatic hydroxyl groups excluding tert-OH is 2. The summed E-state index contributed by atoms with van der Waals surface area (Å²) in [7, 11) is 0. The Bertz CT molecular complexity index is 523. The van der Waals surface area contributed by atoms with E-state index in [9.17, 15) is 4.79 Å². The Hall–Kier alpha value is -1.92. The first kappa shape index (κ1) is 11.6. The number of hydrogen-bond donors (Lipinski definition) is 4. The van der Waals surface area contributed by atoms with E-state index < -0.39 is 6.10 Å². The molecule has 1 aromatic heterocycles. The molecule has 1 amide bonds. The van der Waals surface area contributed by atoms with Gasteiger partial charge in [0.1, 0.15) is 0 Å². The van der Waals surface area contributed by atoms with Crippen molar-refractivity contribution in [3.8, 4) is 0 Å². The van der Waals surface area contributed by atoms with E-state index >= 15 is 0 Å². The number of nitrogens with zero attached hydrogens (tertiary/aromatic N) is 1. The predicted octanol–water partition coefficient (Wildman–Crippen LogP) is -0.354. The summed E-state index contributed by atoms with van der Waals surface area (Å²) in [5.74, 6) is -0.380. The maximum atomic E-state index is 11.8. The fraction of sp³-hybridized carbons (Fsp3) is 0.273. The highest BCUT2D eigenvalue weighted by Crippen LogP contribution is 2.14. The van der Waals surface area contributed by atoms with E-state index in [0.29, 0.717) is 0 Å². The second-order valence-electron chi connectivity index (χ2n) is 3.66. The molecule has 4 N–H and O–H groups in total. The van der Waals surface area contributed by atoms with Crippen LogP contribution in [0, 0.1) is 0 Å².